The fourth-order valence-electron chi connectivity index (χ4n) is 3.32. The van der Waals surface area contributed by atoms with Gasteiger partial charge in [0.1, 0.15) is 5.76 Å². The Kier molecular flexibility index (Phi) is 9.97. The van der Waals surface area contributed by atoms with Gasteiger partial charge in [-0.3, -0.25) is 9.80 Å². The largest absolute Gasteiger partial charge is 0.490 e. The number of carbonyl (C=O) groups is 2. The van der Waals surface area contributed by atoms with Crippen LogP contribution in [-0.2, 0) is 20.9 Å². The van der Waals surface area contributed by atoms with Crippen LogP contribution in [-0.4, -0.2) is 89.7 Å². The Balaban J connectivity index is 0.000000305. The Morgan fingerprint density at radius 1 is 1.16 bits per heavy atom. The minimum Gasteiger partial charge on any atom is -0.475 e. The molecule has 8 nitrogen and oxygen atoms in total. The summed E-state index contributed by atoms with van der Waals surface area (Å²) in [7, 11) is 4.38. The number of alkyl halides is 6. The summed E-state index contributed by atoms with van der Waals surface area (Å²) in [5, 5.41) is 14.2. The number of carboxylic acids is 2. The van der Waals surface area contributed by atoms with Crippen molar-refractivity contribution in [2.45, 2.75) is 49.9 Å². The topological polar surface area (TPSA) is 103 Å². The number of hydrogen-bond acceptors (Lipinski definition) is 6. The second-order valence-electron chi connectivity index (χ2n) is 7.15. The van der Waals surface area contributed by atoms with E-state index in [1.165, 1.54) is 12.8 Å². The SMILES string of the molecule is CN(Cc1ccco1)[C@@H]1CN(C)[C@@H]2CCCO[C@H]12.O=C(O)C(F)(F)F.O=C(O)C(F)(F)F. The summed E-state index contributed by atoms with van der Waals surface area (Å²) in [6, 6.07) is 5.06. The van der Waals surface area contributed by atoms with E-state index in [0.717, 1.165) is 25.5 Å². The van der Waals surface area contributed by atoms with Crippen molar-refractivity contribution in [1.29, 1.82) is 0 Å². The molecule has 32 heavy (non-hydrogen) atoms. The number of furan rings is 1. The van der Waals surface area contributed by atoms with Gasteiger partial charge in [-0.05, 0) is 39.1 Å². The molecule has 0 amide bonds. The van der Waals surface area contributed by atoms with Crippen molar-refractivity contribution >= 4 is 11.9 Å². The minimum absolute atomic E-state index is 0.365. The number of carboxylic acid groups (broad SMARTS) is 2. The molecule has 0 spiro atoms. The normalized spacial score (nSPS) is 23.5. The fraction of sp³-hybridized carbons (Fsp3) is 0.667. The highest BCUT2D eigenvalue weighted by Crippen LogP contribution is 2.30. The number of halogens is 6. The molecule has 2 aliphatic rings. The lowest BCUT2D eigenvalue weighted by atomic mass is 10.0. The van der Waals surface area contributed by atoms with Crippen molar-refractivity contribution in [2.75, 3.05) is 27.2 Å². The van der Waals surface area contributed by atoms with E-state index in [9.17, 15) is 26.3 Å². The number of aliphatic carboxylic acids is 2. The number of nitrogens with zero attached hydrogens (tertiary/aromatic N) is 2. The van der Waals surface area contributed by atoms with Gasteiger partial charge in [-0.1, -0.05) is 0 Å². The molecule has 2 saturated heterocycles. The van der Waals surface area contributed by atoms with Crippen molar-refractivity contribution in [3.05, 3.63) is 24.2 Å². The molecule has 3 rings (SSSR count). The molecule has 14 heteroatoms. The first-order chi connectivity index (χ1) is 14.6. The maximum absolute atomic E-state index is 10.6. The van der Waals surface area contributed by atoms with Crippen LogP contribution in [0.5, 0.6) is 0 Å². The van der Waals surface area contributed by atoms with E-state index >= 15 is 0 Å². The molecule has 3 atom stereocenters. The molecular weight excluding hydrogens is 454 g/mol. The first-order valence-corrected chi connectivity index (χ1v) is 9.29. The highest BCUT2D eigenvalue weighted by molar-refractivity contribution is 5.73. The number of hydrogen-bond donors (Lipinski definition) is 2. The number of rotatable bonds is 3. The molecule has 0 bridgehead atoms. The Morgan fingerprint density at radius 2 is 1.69 bits per heavy atom. The van der Waals surface area contributed by atoms with Crippen molar-refractivity contribution < 1.29 is 55.3 Å². The van der Waals surface area contributed by atoms with E-state index in [1.807, 2.05) is 12.1 Å². The molecule has 1 aromatic rings. The molecule has 2 fully saturated rings. The van der Waals surface area contributed by atoms with Gasteiger partial charge in [0.05, 0.1) is 25.0 Å². The van der Waals surface area contributed by atoms with E-state index in [-0.39, 0.29) is 0 Å². The standard InChI is InChI=1S/C14H22N2O2.2C2HF3O2/c1-15(9-11-5-3-7-17-11)13-10-16(2)12-6-4-8-18-14(12)13;2*3-2(4,5)1(6)7/h3,5,7,12-14H,4,6,8-10H2,1-2H3;2*(H,6,7)/t12-,13-,14+;;/m1../s1. The van der Waals surface area contributed by atoms with Crippen molar-refractivity contribution in [3.63, 3.8) is 0 Å². The maximum Gasteiger partial charge on any atom is 0.490 e. The smallest absolute Gasteiger partial charge is 0.475 e. The lowest BCUT2D eigenvalue weighted by Gasteiger charge is -2.33. The van der Waals surface area contributed by atoms with E-state index < -0.39 is 24.3 Å². The monoisotopic (exact) mass is 478 g/mol. The quantitative estimate of drug-likeness (QED) is 0.640. The lowest BCUT2D eigenvalue weighted by molar-refractivity contribution is -0.193. The van der Waals surface area contributed by atoms with E-state index in [2.05, 4.69) is 23.9 Å². The Hall–Kier alpha value is -2.32. The van der Waals surface area contributed by atoms with Gasteiger partial charge in [0.15, 0.2) is 0 Å². The minimum atomic E-state index is -5.08. The third kappa shape index (κ3) is 8.67. The third-order valence-electron chi connectivity index (χ3n) is 4.79. The van der Waals surface area contributed by atoms with Crippen molar-refractivity contribution in [2.24, 2.45) is 0 Å². The van der Waals surface area contributed by atoms with Gasteiger partial charge >= 0.3 is 24.3 Å². The number of likely N-dealkylation sites (N-methyl/N-ethyl adjacent to an activating group) is 2. The number of ether oxygens (including phenoxy) is 1. The number of likely N-dealkylation sites (tertiary alicyclic amines) is 1. The van der Waals surface area contributed by atoms with Gasteiger partial charge in [0, 0.05) is 19.2 Å². The molecule has 184 valence electrons. The Morgan fingerprint density at radius 3 is 2.12 bits per heavy atom. The molecule has 0 saturated carbocycles. The van der Waals surface area contributed by atoms with E-state index in [1.54, 1.807) is 6.26 Å². The van der Waals surface area contributed by atoms with Crippen molar-refractivity contribution in [1.82, 2.24) is 9.80 Å². The van der Waals surface area contributed by atoms with Gasteiger partial charge in [-0.2, -0.15) is 26.3 Å². The second-order valence-corrected chi connectivity index (χ2v) is 7.15. The molecule has 2 aliphatic heterocycles. The summed E-state index contributed by atoms with van der Waals surface area (Å²) < 4.78 is 74.9. The van der Waals surface area contributed by atoms with Crippen LogP contribution in [0.1, 0.15) is 18.6 Å². The molecule has 0 aliphatic carbocycles. The summed E-state index contributed by atoms with van der Waals surface area (Å²) in [4.78, 5) is 22.6. The summed E-state index contributed by atoms with van der Waals surface area (Å²) in [6.07, 6.45) is -5.60. The summed E-state index contributed by atoms with van der Waals surface area (Å²) in [5.41, 5.74) is 0. The van der Waals surface area contributed by atoms with Crippen LogP contribution in [0.2, 0.25) is 0 Å². The second kappa shape index (κ2) is 11.5. The average Bonchev–Trinajstić information content (AvgIpc) is 3.29. The Bertz CT molecular complexity index is 701. The molecule has 0 radical (unpaired) electrons. The maximum atomic E-state index is 10.6. The van der Waals surface area contributed by atoms with Crippen LogP contribution in [0.4, 0.5) is 26.3 Å². The van der Waals surface area contributed by atoms with Gasteiger partial charge in [-0.25, -0.2) is 9.59 Å². The molecule has 1 aromatic heterocycles. The van der Waals surface area contributed by atoms with Crippen LogP contribution in [0.15, 0.2) is 22.8 Å². The molecule has 3 heterocycles. The average molecular weight is 478 g/mol. The molecular formula is C18H24F6N2O6. The van der Waals surface area contributed by atoms with Gasteiger partial charge in [-0.15, -0.1) is 0 Å². The first-order valence-electron chi connectivity index (χ1n) is 9.29. The summed E-state index contributed by atoms with van der Waals surface area (Å²) >= 11 is 0. The predicted molar refractivity (Wildman–Crippen MR) is 96.7 cm³/mol. The molecule has 0 unspecified atom stereocenters. The molecule has 2 N–H and O–H groups in total. The van der Waals surface area contributed by atoms with Crippen LogP contribution in [0, 0.1) is 0 Å². The van der Waals surface area contributed by atoms with Gasteiger partial charge in [0.2, 0.25) is 0 Å². The van der Waals surface area contributed by atoms with Crippen LogP contribution >= 0.6 is 0 Å². The third-order valence-corrected chi connectivity index (χ3v) is 4.79. The predicted octanol–water partition coefficient (Wildman–Crippen LogP) is 2.84. The zero-order valence-corrected chi connectivity index (χ0v) is 17.2. The van der Waals surface area contributed by atoms with Crippen LogP contribution < -0.4 is 0 Å². The van der Waals surface area contributed by atoms with Crippen LogP contribution in [0.25, 0.3) is 0 Å². The summed E-state index contributed by atoms with van der Waals surface area (Å²) in [6.45, 7) is 2.87. The van der Waals surface area contributed by atoms with E-state index in [0.29, 0.717) is 18.2 Å². The zero-order valence-electron chi connectivity index (χ0n) is 17.2. The lowest BCUT2D eigenvalue weighted by Crippen LogP contribution is -2.45. The summed E-state index contributed by atoms with van der Waals surface area (Å²) in [5.74, 6) is -4.49. The van der Waals surface area contributed by atoms with Gasteiger partial charge in [0.25, 0.3) is 0 Å². The first kappa shape index (κ1) is 27.7. The van der Waals surface area contributed by atoms with Crippen molar-refractivity contribution in [3.8, 4) is 0 Å². The van der Waals surface area contributed by atoms with Gasteiger partial charge < -0.3 is 19.4 Å². The molecule has 0 aromatic carbocycles. The Labute approximate surface area is 179 Å². The fourth-order valence-corrected chi connectivity index (χ4v) is 3.32. The highest BCUT2D eigenvalue weighted by Gasteiger charge is 2.44. The number of fused-ring (bicyclic) bond motifs is 1. The van der Waals surface area contributed by atoms with E-state index in [4.69, 9.17) is 29.0 Å². The zero-order chi connectivity index (χ0) is 24.7. The van der Waals surface area contributed by atoms with Crippen LogP contribution in [0.3, 0.4) is 0 Å². The highest BCUT2D eigenvalue weighted by atomic mass is 19.4.